The predicted octanol–water partition coefficient (Wildman–Crippen LogP) is 3.94. The predicted molar refractivity (Wildman–Crippen MR) is 112 cm³/mol. The van der Waals surface area contributed by atoms with Crippen molar-refractivity contribution in [2.24, 2.45) is 7.05 Å². The maximum absolute atomic E-state index is 12.5. The van der Waals surface area contributed by atoms with Crippen molar-refractivity contribution in [3.8, 4) is 17.1 Å². The third kappa shape index (κ3) is 4.66. The molecule has 28 heavy (non-hydrogen) atoms. The molecule has 0 aliphatic carbocycles. The summed E-state index contributed by atoms with van der Waals surface area (Å²) in [5.74, 6) is 1.39. The number of nitrogens with zero attached hydrogens (tertiary/aromatic N) is 3. The largest absolute Gasteiger partial charge is 0.497 e. The van der Waals surface area contributed by atoms with E-state index in [2.05, 4.69) is 15.5 Å². The average Bonchev–Trinajstić information content (AvgIpc) is 3.07. The molecule has 1 aromatic heterocycles. The van der Waals surface area contributed by atoms with Gasteiger partial charge in [0, 0.05) is 19.2 Å². The van der Waals surface area contributed by atoms with Gasteiger partial charge in [0.25, 0.3) is 0 Å². The number of carbonyl (C=O) groups excluding carboxylic acids is 1. The van der Waals surface area contributed by atoms with E-state index in [-0.39, 0.29) is 11.2 Å². The Bertz CT molecular complexity index is 959. The van der Waals surface area contributed by atoms with Crippen molar-refractivity contribution in [3.05, 3.63) is 59.1 Å². The molecule has 0 radical (unpaired) electrons. The fraction of sp³-hybridized carbons (Fsp3) is 0.250. The highest BCUT2D eigenvalue weighted by atomic mass is 35.5. The monoisotopic (exact) mass is 416 g/mol. The summed E-state index contributed by atoms with van der Waals surface area (Å²) in [6, 6.07) is 15.1. The smallest absolute Gasteiger partial charge is 0.233 e. The van der Waals surface area contributed by atoms with Crippen LogP contribution >= 0.6 is 23.4 Å². The van der Waals surface area contributed by atoms with Gasteiger partial charge in [-0.2, -0.15) is 0 Å². The molecule has 1 heterocycles. The van der Waals surface area contributed by atoms with Gasteiger partial charge in [0.05, 0.1) is 17.4 Å². The number of methoxy groups -OCH3 is 1. The second kappa shape index (κ2) is 9.12. The molecule has 0 bridgehead atoms. The summed E-state index contributed by atoms with van der Waals surface area (Å²) in [6.45, 7) is 2.30. The molecule has 0 unspecified atom stereocenters. The second-order valence-electron chi connectivity index (χ2n) is 6.17. The summed E-state index contributed by atoms with van der Waals surface area (Å²) in [5, 5.41) is 12.3. The highest BCUT2D eigenvalue weighted by molar-refractivity contribution is 8.00. The van der Waals surface area contributed by atoms with Crippen LogP contribution < -0.4 is 10.1 Å². The first-order valence-corrected chi connectivity index (χ1v) is 9.97. The standard InChI is InChI=1S/C20H21ClN4O2S/c1-13(19(26)22-12-14-8-10-15(27-3)11-9-14)28-20-24-23-18(25(20)2)16-6-4-5-7-17(16)21/h4-11,13H,12H2,1-3H3,(H,22,26)/t13-/m1/s1. The summed E-state index contributed by atoms with van der Waals surface area (Å²) < 4.78 is 6.98. The first kappa shape index (κ1) is 20.2. The molecule has 2 aromatic carbocycles. The van der Waals surface area contributed by atoms with E-state index in [0.29, 0.717) is 22.5 Å². The van der Waals surface area contributed by atoms with E-state index in [1.165, 1.54) is 11.8 Å². The zero-order valence-electron chi connectivity index (χ0n) is 15.8. The molecule has 146 valence electrons. The van der Waals surface area contributed by atoms with Gasteiger partial charge in [-0.3, -0.25) is 4.79 Å². The number of benzene rings is 2. The Morgan fingerprint density at radius 1 is 1.21 bits per heavy atom. The number of nitrogens with one attached hydrogen (secondary N) is 1. The van der Waals surface area contributed by atoms with Gasteiger partial charge in [-0.05, 0) is 36.8 Å². The molecule has 1 amide bonds. The van der Waals surface area contributed by atoms with E-state index in [9.17, 15) is 4.79 Å². The zero-order valence-corrected chi connectivity index (χ0v) is 17.4. The van der Waals surface area contributed by atoms with Crippen LogP contribution in [-0.4, -0.2) is 33.0 Å². The van der Waals surface area contributed by atoms with Gasteiger partial charge in [-0.15, -0.1) is 10.2 Å². The second-order valence-corrected chi connectivity index (χ2v) is 7.89. The van der Waals surface area contributed by atoms with E-state index >= 15 is 0 Å². The molecule has 8 heteroatoms. The summed E-state index contributed by atoms with van der Waals surface area (Å²) in [4.78, 5) is 12.5. The average molecular weight is 417 g/mol. The van der Waals surface area contributed by atoms with Crippen LogP contribution in [0.2, 0.25) is 5.02 Å². The molecular weight excluding hydrogens is 396 g/mol. The van der Waals surface area contributed by atoms with Crippen LogP contribution in [0.4, 0.5) is 0 Å². The van der Waals surface area contributed by atoms with Gasteiger partial charge in [0.15, 0.2) is 11.0 Å². The summed E-state index contributed by atoms with van der Waals surface area (Å²) in [5.41, 5.74) is 1.81. The van der Waals surface area contributed by atoms with Crippen LogP contribution in [0, 0.1) is 0 Å². The first-order valence-electron chi connectivity index (χ1n) is 8.71. The van der Waals surface area contributed by atoms with Crippen molar-refractivity contribution in [1.82, 2.24) is 20.1 Å². The van der Waals surface area contributed by atoms with E-state index in [0.717, 1.165) is 16.9 Å². The van der Waals surface area contributed by atoms with Crippen LogP contribution in [-0.2, 0) is 18.4 Å². The van der Waals surface area contributed by atoms with E-state index < -0.39 is 0 Å². The van der Waals surface area contributed by atoms with Crippen LogP contribution in [0.3, 0.4) is 0 Å². The Labute approximate surface area is 173 Å². The summed E-state index contributed by atoms with van der Waals surface area (Å²) >= 11 is 7.61. The van der Waals surface area contributed by atoms with E-state index in [1.807, 2.05) is 67.1 Å². The SMILES string of the molecule is COc1ccc(CNC(=O)[C@@H](C)Sc2nnc(-c3ccccc3Cl)n2C)cc1. The van der Waals surface area contributed by atoms with Crippen molar-refractivity contribution < 1.29 is 9.53 Å². The van der Waals surface area contributed by atoms with E-state index in [4.69, 9.17) is 16.3 Å². The van der Waals surface area contributed by atoms with Crippen molar-refractivity contribution >= 4 is 29.3 Å². The molecule has 0 aliphatic heterocycles. The lowest BCUT2D eigenvalue weighted by Crippen LogP contribution is -2.30. The van der Waals surface area contributed by atoms with Gasteiger partial charge in [-0.1, -0.05) is 47.6 Å². The number of thioether (sulfide) groups is 1. The number of rotatable bonds is 7. The minimum absolute atomic E-state index is 0.0666. The number of hydrogen-bond acceptors (Lipinski definition) is 5. The molecule has 3 aromatic rings. The number of amides is 1. The van der Waals surface area contributed by atoms with Gasteiger partial charge >= 0.3 is 0 Å². The van der Waals surface area contributed by atoms with Gasteiger partial charge < -0.3 is 14.6 Å². The third-order valence-corrected chi connectivity index (χ3v) is 5.69. The van der Waals surface area contributed by atoms with Crippen molar-refractivity contribution in [1.29, 1.82) is 0 Å². The third-order valence-electron chi connectivity index (χ3n) is 4.23. The summed E-state index contributed by atoms with van der Waals surface area (Å²) in [7, 11) is 3.49. The molecule has 0 saturated carbocycles. The minimum Gasteiger partial charge on any atom is -0.497 e. The molecule has 1 atom stereocenters. The van der Waals surface area contributed by atoms with Crippen molar-refractivity contribution in [2.75, 3.05) is 7.11 Å². The van der Waals surface area contributed by atoms with Gasteiger partial charge in [0.1, 0.15) is 5.75 Å². The lowest BCUT2D eigenvalue weighted by atomic mass is 10.2. The van der Waals surface area contributed by atoms with Crippen molar-refractivity contribution in [3.63, 3.8) is 0 Å². The minimum atomic E-state index is -0.319. The quantitative estimate of drug-likeness (QED) is 0.591. The highest BCUT2D eigenvalue weighted by Gasteiger charge is 2.20. The molecule has 0 saturated heterocycles. The van der Waals surface area contributed by atoms with Crippen LogP contribution in [0.25, 0.3) is 11.4 Å². The fourth-order valence-corrected chi connectivity index (χ4v) is 3.64. The lowest BCUT2D eigenvalue weighted by molar-refractivity contribution is -0.120. The first-order chi connectivity index (χ1) is 13.5. The van der Waals surface area contributed by atoms with Gasteiger partial charge in [-0.25, -0.2) is 0 Å². The Hall–Kier alpha value is -2.51. The zero-order chi connectivity index (χ0) is 20.1. The number of ether oxygens (including phenoxy) is 1. The van der Waals surface area contributed by atoms with Crippen molar-refractivity contribution in [2.45, 2.75) is 23.9 Å². The topological polar surface area (TPSA) is 69.0 Å². The Morgan fingerprint density at radius 2 is 1.93 bits per heavy atom. The van der Waals surface area contributed by atoms with Crippen LogP contribution in [0.15, 0.2) is 53.7 Å². The Morgan fingerprint density at radius 3 is 2.61 bits per heavy atom. The highest BCUT2D eigenvalue weighted by Crippen LogP contribution is 2.29. The molecule has 1 N–H and O–H groups in total. The Kier molecular flexibility index (Phi) is 6.59. The lowest BCUT2D eigenvalue weighted by Gasteiger charge is -2.12. The molecule has 6 nitrogen and oxygen atoms in total. The molecule has 3 rings (SSSR count). The number of hydrogen-bond donors (Lipinski definition) is 1. The van der Waals surface area contributed by atoms with Crippen LogP contribution in [0.1, 0.15) is 12.5 Å². The number of carbonyl (C=O) groups is 1. The molecule has 0 fully saturated rings. The maximum Gasteiger partial charge on any atom is 0.233 e. The normalized spacial score (nSPS) is 11.9. The molecule has 0 aliphatic rings. The number of halogens is 1. The number of aromatic nitrogens is 3. The molecular formula is C20H21ClN4O2S. The molecule has 0 spiro atoms. The van der Waals surface area contributed by atoms with Gasteiger partial charge in [0.2, 0.25) is 5.91 Å². The van der Waals surface area contributed by atoms with E-state index in [1.54, 1.807) is 7.11 Å². The van der Waals surface area contributed by atoms with Crippen LogP contribution in [0.5, 0.6) is 5.75 Å². The maximum atomic E-state index is 12.5. The summed E-state index contributed by atoms with van der Waals surface area (Å²) in [6.07, 6.45) is 0. The fourth-order valence-electron chi connectivity index (χ4n) is 2.58. The Balaban J connectivity index is 1.62.